The molecule has 70 valence electrons. The zero-order valence-electron chi connectivity index (χ0n) is 7.81. The van der Waals surface area contributed by atoms with Crippen LogP contribution in [0.3, 0.4) is 0 Å². The van der Waals surface area contributed by atoms with Crippen molar-refractivity contribution < 1.29 is 0 Å². The van der Waals surface area contributed by atoms with Gasteiger partial charge in [-0.25, -0.2) is 0 Å². The quantitative estimate of drug-likeness (QED) is 0.765. The summed E-state index contributed by atoms with van der Waals surface area (Å²) in [6.45, 7) is 3.17. The van der Waals surface area contributed by atoms with Gasteiger partial charge in [-0.3, -0.25) is 0 Å². The molecular formula is C11H14ClN. The highest BCUT2D eigenvalue weighted by Crippen LogP contribution is 2.35. The third-order valence-corrected chi connectivity index (χ3v) is 3.02. The second-order valence-electron chi connectivity index (χ2n) is 3.46. The maximum atomic E-state index is 6.11. The molecule has 1 aliphatic rings. The van der Waals surface area contributed by atoms with Gasteiger partial charge in [0.15, 0.2) is 0 Å². The van der Waals surface area contributed by atoms with Crippen LogP contribution in [-0.4, -0.2) is 6.54 Å². The summed E-state index contributed by atoms with van der Waals surface area (Å²) in [5.41, 5.74) is 2.74. The lowest BCUT2D eigenvalue weighted by Crippen LogP contribution is -2.18. The van der Waals surface area contributed by atoms with E-state index >= 15 is 0 Å². The molecule has 2 rings (SSSR count). The summed E-state index contributed by atoms with van der Waals surface area (Å²) in [4.78, 5) is 0. The Morgan fingerprint density at radius 3 is 3.15 bits per heavy atom. The molecule has 0 fully saturated rings. The summed E-state index contributed by atoms with van der Waals surface area (Å²) in [7, 11) is 0. The van der Waals surface area contributed by atoms with Gasteiger partial charge in [0.25, 0.3) is 0 Å². The van der Waals surface area contributed by atoms with Crippen LogP contribution in [0.4, 0.5) is 0 Å². The summed E-state index contributed by atoms with van der Waals surface area (Å²) in [5.74, 6) is 0. The fraction of sp³-hybridized carbons (Fsp3) is 0.455. The highest BCUT2D eigenvalue weighted by molar-refractivity contribution is 6.31. The van der Waals surface area contributed by atoms with Crippen molar-refractivity contribution in [3.8, 4) is 0 Å². The molecule has 1 unspecified atom stereocenters. The third kappa shape index (κ3) is 1.59. The predicted molar refractivity (Wildman–Crippen MR) is 56.2 cm³/mol. The van der Waals surface area contributed by atoms with Crippen LogP contribution in [-0.2, 0) is 6.42 Å². The number of benzene rings is 1. The molecule has 1 aliphatic carbocycles. The van der Waals surface area contributed by atoms with Crippen LogP contribution in [0.15, 0.2) is 18.2 Å². The molecule has 1 N–H and O–H groups in total. The largest absolute Gasteiger partial charge is 0.310 e. The minimum absolute atomic E-state index is 0.527. The highest BCUT2D eigenvalue weighted by atomic mass is 35.5. The molecule has 0 amide bonds. The molecule has 0 radical (unpaired) electrons. The standard InChI is InChI=1S/C11H14ClN/c1-2-13-11-7-6-8-9(11)4-3-5-10(8)12/h3-5,11,13H,2,6-7H2,1H3. The van der Waals surface area contributed by atoms with Crippen molar-refractivity contribution in [2.75, 3.05) is 6.54 Å². The number of rotatable bonds is 2. The molecular weight excluding hydrogens is 182 g/mol. The number of hydrogen-bond donors (Lipinski definition) is 1. The lowest BCUT2D eigenvalue weighted by Gasteiger charge is -2.11. The molecule has 1 aromatic carbocycles. The van der Waals surface area contributed by atoms with Crippen LogP contribution in [0.5, 0.6) is 0 Å². The van der Waals surface area contributed by atoms with E-state index in [0.717, 1.165) is 18.0 Å². The van der Waals surface area contributed by atoms with E-state index in [4.69, 9.17) is 11.6 Å². The summed E-state index contributed by atoms with van der Waals surface area (Å²) >= 11 is 6.11. The molecule has 1 aromatic rings. The summed E-state index contributed by atoms with van der Waals surface area (Å²) in [6.07, 6.45) is 2.31. The zero-order chi connectivity index (χ0) is 9.26. The van der Waals surface area contributed by atoms with Crippen LogP contribution in [0.2, 0.25) is 5.02 Å². The van der Waals surface area contributed by atoms with E-state index in [2.05, 4.69) is 18.3 Å². The second kappa shape index (κ2) is 3.69. The smallest absolute Gasteiger partial charge is 0.0441 e. The Labute approximate surface area is 84.1 Å². The van der Waals surface area contributed by atoms with E-state index in [1.165, 1.54) is 17.5 Å². The summed E-state index contributed by atoms with van der Waals surface area (Å²) in [5, 5.41) is 4.40. The van der Waals surface area contributed by atoms with Crippen molar-refractivity contribution in [2.24, 2.45) is 0 Å². The Balaban J connectivity index is 2.32. The Morgan fingerprint density at radius 2 is 2.38 bits per heavy atom. The van der Waals surface area contributed by atoms with Gasteiger partial charge in [0.2, 0.25) is 0 Å². The van der Waals surface area contributed by atoms with Crippen molar-refractivity contribution in [1.82, 2.24) is 5.32 Å². The fourth-order valence-corrected chi connectivity index (χ4v) is 2.34. The topological polar surface area (TPSA) is 12.0 Å². The van der Waals surface area contributed by atoms with E-state index in [1.807, 2.05) is 12.1 Å². The lowest BCUT2D eigenvalue weighted by atomic mass is 10.1. The number of fused-ring (bicyclic) bond motifs is 1. The number of nitrogens with one attached hydrogen (secondary N) is 1. The van der Waals surface area contributed by atoms with Crippen LogP contribution in [0.25, 0.3) is 0 Å². The molecule has 0 aromatic heterocycles. The van der Waals surface area contributed by atoms with Gasteiger partial charge in [-0.1, -0.05) is 30.7 Å². The van der Waals surface area contributed by atoms with Gasteiger partial charge in [-0.05, 0) is 36.6 Å². The summed E-state index contributed by atoms with van der Waals surface area (Å²) < 4.78 is 0. The van der Waals surface area contributed by atoms with Crippen molar-refractivity contribution >= 4 is 11.6 Å². The van der Waals surface area contributed by atoms with E-state index in [-0.39, 0.29) is 0 Å². The average molecular weight is 196 g/mol. The molecule has 2 heteroatoms. The Kier molecular flexibility index (Phi) is 2.56. The molecule has 1 atom stereocenters. The number of hydrogen-bond acceptors (Lipinski definition) is 1. The third-order valence-electron chi connectivity index (χ3n) is 2.66. The van der Waals surface area contributed by atoms with Gasteiger partial charge >= 0.3 is 0 Å². The maximum Gasteiger partial charge on any atom is 0.0441 e. The van der Waals surface area contributed by atoms with Crippen molar-refractivity contribution in [2.45, 2.75) is 25.8 Å². The molecule has 0 bridgehead atoms. The van der Waals surface area contributed by atoms with Crippen LogP contribution < -0.4 is 5.32 Å². The van der Waals surface area contributed by atoms with E-state index in [1.54, 1.807) is 0 Å². The molecule has 0 spiro atoms. The fourth-order valence-electron chi connectivity index (χ4n) is 2.07. The first kappa shape index (κ1) is 9.04. The molecule has 13 heavy (non-hydrogen) atoms. The number of halogens is 1. The minimum atomic E-state index is 0.527. The van der Waals surface area contributed by atoms with Crippen LogP contribution in [0, 0.1) is 0 Å². The summed E-state index contributed by atoms with van der Waals surface area (Å²) in [6, 6.07) is 6.73. The van der Waals surface area contributed by atoms with Crippen molar-refractivity contribution in [3.63, 3.8) is 0 Å². The van der Waals surface area contributed by atoms with Gasteiger partial charge in [0, 0.05) is 11.1 Å². The van der Waals surface area contributed by atoms with Gasteiger partial charge in [-0.2, -0.15) is 0 Å². The molecule has 0 heterocycles. The highest BCUT2D eigenvalue weighted by Gasteiger charge is 2.22. The van der Waals surface area contributed by atoms with Crippen LogP contribution in [0.1, 0.15) is 30.5 Å². The predicted octanol–water partition coefficient (Wildman–Crippen LogP) is 2.94. The normalized spacial score (nSPS) is 20.3. The van der Waals surface area contributed by atoms with Gasteiger partial charge in [0.1, 0.15) is 0 Å². The molecule has 0 aliphatic heterocycles. The lowest BCUT2D eigenvalue weighted by molar-refractivity contribution is 0.549. The van der Waals surface area contributed by atoms with Gasteiger partial charge < -0.3 is 5.32 Å². The monoisotopic (exact) mass is 195 g/mol. The van der Waals surface area contributed by atoms with Crippen molar-refractivity contribution in [3.05, 3.63) is 34.3 Å². The SMILES string of the molecule is CCNC1CCc2c(Cl)cccc21. The van der Waals surface area contributed by atoms with Crippen LogP contribution >= 0.6 is 11.6 Å². The average Bonchev–Trinajstić information content (AvgIpc) is 2.51. The molecule has 1 nitrogen and oxygen atoms in total. The van der Waals surface area contributed by atoms with E-state index < -0.39 is 0 Å². The first-order valence-corrected chi connectivity index (χ1v) is 5.21. The van der Waals surface area contributed by atoms with Gasteiger partial charge in [-0.15, -0.1) is 0 Å². The molecule has 0 saturated carbocycles. The Morgan fingerprint density at radius 1 is 1.54 bits per heavy atom. The first-order chi connectivity index (χ1) is 6.33. The van der Waals surface area contributed by atoms with E-state index in [0.29, 0.717) is 6.04 Å². The zero-order valence-corrected chi connectivity index (χ0v) is 8.56. The van der Waals surface area contributed by atoms with Crippen molar-refractivity contribution in [1.29, 1.82) is 0 Å². The Hall–Kier alpha value is -0.530. The van der Waals surface area contributed by atoms with Gasteiger partial charge in [0.05, 0.1) is 0 Å². The van der Waals surface area contributed by atoms with E-state index in [9.17, 15) is 0 Å². The first-order valence-electron chi connectivity index (χ1n) is 4.83. The maximum absolute atomic E-state index is 6.11. The Bertz CT molecular complexity index is 309. The minimum Gasteiger partial charge on any atom is -0.310 e. The second-order valence-corrected chi connectivity index (χ2v) is 3.86. The molecule has 0 saturated heterocycles.